The number of carbonyl (C=O) groups is 1. The van der Waals surface area contributed by atoms with Crippen LogP contribution in [-0.4, -0.2) is 19.7 Å². The van der Waals surface area contributed by atoms with Gasteiger partial charge in [-0.05, 0) is 36.8 Å². The van der Waals surface area contributed by atoms with Crippen molar-refractivity contribution < 1.29 is 18.7 Å². The molecule has 0 aliphatic rings. The normalized spacial score (nSPS) is 11.9. The highest BCUT2D eigenvalue weighted by molar-refractivity contribution is 5.71. The molecule has 0 saturated carbocycles. The third-order valence-electron chi connectivity index (χ3n) is 3.06. The van der Waals surface area contributed by atoms with Gasteiger partial charge in [-0.2, -0.15) is 0 Å². The maximum atomic E-state index is 11.8. The van der Waals surface area contributed by atoms with Crippen LogP contribution < -0.4 is 4.74 Å². The number of methoxy groups -OCH3 is 1. The minimum atomic E-state index is -0.239. The molecule has 20 heavy (non-hydrogen) atoms. The first-order valence-electron chi connectivity index (χ1n) is 6.57. The average Bonchev–Trinajstić information content (AvgIpc) is 2.99. The fourth-order valence-electron chi connectivity index (χ4n) is 2.12. The highest BCUT2D eigenvalue weighted by atomic mass is 16.5. The largest absolute Gasteiger partial charge is 0.497 e. The third-order valence-corrected chi connectivity index (χ3v) is 3.06. The number of hydrogen-bond donors (Lipinski definition) is 0. The molecule has 0 fully saturated rings. The summed E-state index contributed by atoms with van der Waals surface area (Å²) in [6.45, 7) is 2.17. The second kappa shape index (κ2) is 6.80. The Balaban J connectivity index is 2.28. The molecular formula is C16H18O4. The summed E-state index contributed by atoms with van der Waals surface area (Å²) >= 11 is 0. The van der Waals surface area contributed by atoms with Crippen LogP contribution in [0.1, 0.15) is 30.6 Å². The van der Waals surface area contributed by atoms with E-state index >= 15 is 0 Å². The van der Waals surface area contributed by atoms with Crippen LogP contribution >= 0.6 is 0 Å². The molecule has 2 aromatic rings. The van der Waals surface area contributed by atoms with Crippen LogP contribution in [0.25, 0.3) is 0 Å². The molecule has 0 aliphatic carbocycles. The van der Waals surface area contributed by atoms with Gasteiger partial charge in [0, 0.05) is 0 Å². The lowest BCUT2D eigenvalue weighted by atomic mass is 9.93. The van der Waals surface area contributed by atoms with E-state index < -0.39 is 0 Å². The van der Waals surface area contributed by atoms with E-state index in [0.717, 1.165) is 17.1 Å². The molecule has 0 saturated heterocycles. The summed E-state index contributed by atoms with van der Waals surface area (Å²) in [7, 11) is 1.62. The molecule has 0 spiro atoms. The zero-order chi connectivity index (χ0) is 14.4. The summed E-state index contributed by atoms with van der Waals surface area (Å²) in [5.74, 6) is 1.09. The first-order valence-corrected chi connectivity index (χ1v) is 6.57. The summed E-state index contributed by atoms with van der Waals surface area (Å²) in [4.78, 5) is 11.8. The SMILES string of the molecule is CCOC(=O)C[C@H](c1cccc(OC)c1)c1ccco1. The van der Waals surface area contributed by atoms with E-state index in [0.29, 0.717) is 6.61 Å². The topological polar surface area (TPSA) is 48.7 Å². The van der Waals surface area contributed by atoms with E-state index in [1.165, 1.54) is 0 Å². The van der Waals surface area contributed by atoms with Gasteiger partial charge in [0.25, 0.3) is 0 Å². The van der Waals surface area contributed by atoms with Crippen molar-refractivity contribution in [2.75, 3.05) is 13.7 Å². The van der Waals surface area contributed by atoms with E-state index in [1.807, 2.05) is 36.4 Å². The van der Waals surface area contributed by atoms with E-state index in [-0.39, 0.29) is 18.3 Å². The molecule has 0 radical (unpaired) electrons. The van der Waals surface area contributed by atoms with Crippen molar-refractivity contribution in [1.29, 1.82) is 0 Å². The zero-order valence-corrected chi connectivity index (χ0v) is 11.7. The Morgan fingerprint density at radius 3 is 2.80 bits per heavy atom. The predicted molar refractivity (Wildman–Crippen MR) is 74.8 cm³/mol. The van der Waals surface area contributed by atoms with Gasteiger partial charge in [0.1, 0.15) is 11.5 Å². The number of ether oxygens (including phenoxy) is 2. The molecule has 4 nitrogen and oxygen atoms in total. The Labute approximate surface area is 118 Å². The van der Waals surface area contributed by atoms with Crippen LogP contribution in [-0.2, 0) is 9.53 Å². The number of esters is 1. The number of hydrogen-bond acceptors (Lipinski definition) is 4. The maximum absolute atomic E-state index is 11.8. The van der Waals surface area contributed by atoms with Crippen LogP contribution in [0.4, 0.5) is 0 Å². The van der Waals surface area contributed by atoms with Gasteiger partial charge in [-0.25, -0.2) is 0 Å². The van der Waals surface area contributed by atoms with Crippen LogP contribution in [0.3, 0.4) is 0 Å². The predicted octanol–water partition coefficient (Wildman–Crippen LogP) is 3.37. The minimum absolute atomic E-state index is 0.167. The van der Waals surface area contributed by atoms with Crippen LogP contribution in [0.15, 0.2) is 47.1 Å². The minimum Gasteiger partial charge on any atom is -0.497 e. The van der Waals surface area contributed by atoms with E-state index in [9.17, 15) is 4.79 Å². The fourth-order valence-corrected chi connectivity index (χ4v) is 2.12. The summed E-state index contributed by atoms with van der Waals surface area (Å²) in [5, 5.41) is 0. The summed E-state index contributed by atoms with van der Waals surface area (Å²) in [6.07, 6.45) is 1.85. The van der Waals surface area contributed by atoms with Gasteiger partial charge in [-0.1, -0.05) is 12.1 Å². The van der Waals surface area contributed by atoms with Crippen molar-refractivity contribution in [3.8, 4) is 5.75 Å². The molecule has 4 heteroatoms. The first-order chi connectivity index (χ1) is 9.74. The molecule has 1 atom stereocenters. The van der Waals surface area contributed by atoms with Crippen LogP contribution in [0, 0.1) is 0 Å². The lowest BCUT2D eigenvalue weighted by molar-refractivity contribution is -0.143. The lowest BCUT2D eigenvalue weighted by Gasteiger charge is -2.15. The van der Waals surface area contributed by atoms with Crippen molar-refractivity contribution in [2.24, 2.45) is 0 Å². The molecule has 0 amide bonds. The Hall–Kier alpha value is -2.23. The quantitative estimate of drug-likeness (QED) is 0.758. The monoisotopic (exact) mass is 274 g/mol. The van der Waals surface area contributed by atoms with Crippen molar-refractivity contribution in [3.63, 3.8) is 0 Å². The molecule has 1 aromatic carbocycles. The van der Waals surface area contributed by atoms with Gasteiger partial charge in [-0.3, -0.25) is 4.79 Å². The summed E-state index contributed by atoms with van der Waals surface area (Å²) in [6, 6.07) is 11.3. The second-order valence-corrected chi connectivity index (χ2v) is 4.35. The highest BCUT2D eigenvalue weighted by Gasteiger charge is 2.21. The summed E-state index contributed by atoms with van der Waals surface area (Å²) < 4.78 is 15.7. The molecule has 1 aromatic heterocycles. The molecule has 0 bridgehead atoms. The molecule has 106 valence electrons. The van der Waals surface area contributed by atoms with Crippen molar-refractivity contribution in [3.05, 3.63) is 54.0 Å². The van der Waals surface area contributed by atoms with E-state index in [2.05, 4.69) is 0 Å². The third kappa shape index (κ3) is 3.41. The number of furan rings is 1. The Bertz CT molecular complexity index is 545. The lowest BCUT2D eigenvalue weighted by Crippen LogP contribution is -2.11. The zero-order valence-electron chi connectivity index (χ0n) is 11.7. The maximum Gasteiger partial charge on any atom is 0.306 e. The molecule has 1 heterocycles. The van der Waals surface area contributed by atoms with Gasteiger partial charge < -0.3 is 13.9 Å². The van der Waals surface area contributed by atoms with Crippen LogP contribution in [0.2, 0.25) is 0 Å². The van der Waals surface area contributed by atoms with Gasteiger partial charge in [0.15, 0.2) is 0 Å². The number of benzene rings is 1. The average molecular weight is 274 g/mol. The summed E-state index contributed by atoms with van der Waals surface area (Å²) in [5.41, 5.74) is 0.965. The van der Waals surface area contributed by atoms with Crippen molar-refractivity contribution in [2.45, 2.75) is 19.3 Å². The Morgan fingerprint density at radius 2 is 2.15 bits per heavy atom. The smallest absolute Gasteiger partial charge is 0.306 e. The van der Waals surface area contributed by atoms with E-state index in [4.69, 9.17) is 13.9 Å². The molecular weight excluding hydrogens is 256 g/mol. The molecule has 0 N–H and O–H groups in total. The Morgan fingerprint density at radius 1 is 1.30 bits per heavy atom. The standard InChI is InChI=1S/C16H18O4/c1-3-19-16(17)11-14(15-8-5-9-20-15)12-6-4-7-13(10-12)18-2/h4-10,14H,3,11H2,1-2H3/t14-/m1/s1. The van der Waals surface area contributed by atoms with Gasteiger partial charge in [-0.15, -0.1) is 0 Å². The van der Waals surface area contributed by atoms with Crippen LogP contribution in [0.5, 0.6) is 5.75 Å². The van der Waals surface area contributed by atoms with Gasteiger partial charge in [0.2, 0.25) is 0 Å². The molecule has 0 unspecified atom stereocenters. The molecule has 0 aliphatic heterocycles. The van der Waals surface area contributed by atoms with Gasteiger partial charge >= 0.3 is 5.97 Å². The van der Waals surface area contributed by atoms with Crippen molar-refractivity contribution in [1.82, 2.24) is 0 Å². The number of rotatable bonds is 6. The van der Waals surface area contributed by atoms with E-state index in [1.54, 1.807) is 20.3 Å². The second-order valence-electron chi connectivity index (χ2n) is 4.35. The van der Waals surface area contributed by atoms with Crippen molar-refractivity contribution >= 4 is 5.97 Å². The number of carbonyl (C=O) groups excluding carboxylic acids is 1. The van der Waals surface area contributed by atoms with Gasteiger partial charge in [0.05, 0.1) is 32.3 Å². The fraction of sp³-hybridized carbons (Fsp3) is 0.312. The molecule has 2 rings (SSSR count). The Kier molecular flexibility index (Phi) is 4.82. The highest BCUT2D eigenvalue weighted by Crippen LogP contribution is 2.30. The first kappa shape index (κ1) is 14.2.